The second-order valence-electron chi connectivity index (χ2n) is 8.46. The number of nitrogens with one attached hydrogen (secondary N) is 2. The van der Waals surface area contributed by atoms with Crippen LogP contribution in [0.3, 0.4) is 0 Å². The Bertz CT molecular complexity index is 898. The maximum atomic E-state index is 6.16. The highest BCUT2D eigenvalue weighted by molar-refractivity contribution is 5.79. The summed E-state index contributed by atoms with van der Waals surface area (Å²) in [5, 5.41) is 7.00. The predicted molar refractivity (Wildman–Crippen MR) is 129 cm³/mol. The van der Waals surface area contributed by atoms with Crippen molar-refractivity contribution < 1.29 is 4.74 Å². The zero-order valence-corrected chi connectivity index (χ0v) is 18.7. The second kappa shape index (κ2) is 10.5. The first kappa shape index (κ1) is 21.4. The molecule has 1 fully saturated rings. The van der Waals surface area contributed by atoms with Crippen molar-refractivity contribution in [2.45, 2.75) is 32.4 Å². The van der Waals surface area contributed by atoms with E-state index >= 15 is 0 Å². The summed E-state index contributed by atoms with van der Waals surface area (Å²) < 4.78 is 6.16. The molecule has 5 nitrogen and oxygen atoms in total. The van der Waals surface area contributed by atoms with E-state index in [1.807, 2.05) is 7.05 Å². The van der Waals surface area contributed by atoms with Crippen molar-refractivity contribution in [1.29, 1.82) is 0 Å². The molecule has 0 bridgehead atoms. The number of nitrogens with zero attached hydrogens (tertiary/aromatic N) is 2. The molecular formula is C26H34N4O. The number of guanidine groups is 1. The van der Waals surface area contributed by atoms with Crippen molar-refractivity contribution in [2.24, 2.45) is 10.9 Å². The summed E-state index contributed by atoms with van der Waals surface area (Å²) in [5.74, 6) is 1.27. The van der Waals surface area contributed by atoms with E-state index in [-0.39, 0.29) is 6.10 Å². The Balaban J connectivity index is 1.31. The van der Waals surface area contributed by atoms with Gasteiger partial charge in [0.05, 0.1) is 6.10 Å². The summed E-state index contributed by atoms with van der Waals surface area (Å²) in [7, 11) is 1.83. The number of hydrogen-bond acceptors (Lipinski definition) is 3. The number of ether oxygens (including phenoxy) is 1. The molecule has 2 aromatic carbocycles. The molecule has 2 aliphatic heterocycles. The van der Waals surface area contributed by atoms with Crippen LogP contribution in [0.4, 0.5) is 5.69 Å². The molecule has 164 valence electrons. The van der Waals surface area contributed by atoms with Crippen LogP contribution in [0.25, 0.3) is 0 Å². The lowest BCUT2D eigenvalue weighted by Crippen LogP contribution is -2.41. The minimum atomic E-state index is 0.144. The maximum absolute atomic E-state index is 6.16. The number of hydrogen-bond donors (Lipinski definition) is 2. The minimum absolute atomic E-state index is 0.144. The van der Waals surface area contributed by atoms with Gasteiger partial charge in [-0.05, 0) is 43.0 Å². The van der Waals surface area contributed by atoms with E-state index < -0.39 is 0 Å². The average molecular weight is 419 g/mol. The lowest BCUT2D eigenvalue weighted by Gasteiger charge is -2.32. The molecule has 2 aliphatic rings. The number of aryl methyl sites for hydroxylation is 1. The third kappa shape index (κ3) is 5.67. The molecule has 2 unspecified atom stereocenters. The fourth-order valence-corrected chi connectivity index (χ4v) is 4.36. The quantitative estimate of drug-likeness (QED) is 0.419. The van der Waals surface area contributed by atoms with Gasteiger partial charge in [-0.25, -0.2) is 0 Å². The normalized spacial score (nSPS) is 21.4. The Kier molecular flexibility index (Phi) is 7.26. The molecule has 0 radical (unpaired) electrons. The van der Waals surface area contributed by atoms with E-state index in [1.165, 1.54) is 22.4 Å². The smallest absolute Gasteiger partial charge is 0.191 e. The van der Waals surface area contributed by atoms with Gasteiger partial charge in [0.1, 0.15) is 0 Å². The SMILES string of the molecule is CN=C(NCc1cccc(N2CC=CC2)c1)NCC1CCCOC1c1ccc(C)cc1. The molecule has 2 heterocycles. The summed E-state index contributed by atoms with van der Waals surface area (Å²) >= 11 is 0. The van der Waals surface area contributed by atoms with Gasteiger partial charge in [0.15, 0.2) is 5.96 Å². The third-order valence-corrected chi connectivity index (χ3v) is 6.16. The van der Waals surface area contributed by atoms with Gasteiger partial charge >= 0.3 is 0 Å². The zero-order valence-electron chi connectivity index (χ0n) is 18.7. The molecule has 0 aliphatic carbocycles. The molecule has 0 aromatic heterocycles. The van der Waals surface area contributed by atoms with Crippen LogP contribution in [0.2, 0.25) is 0 Å². The molecule has 31 heavy (non-hydrogen) atoms. The first-order chi connectivity index (χ1) is 15.2. The highest BCUT2D eigenvalue weighted by atomic mass is 16.5. The van der Waals surface area contributed by atoms with Crippen LogP contribution in [0.1, 0.15) is 35.6 Å². The summed E-state index contributed by atoms with van der Waals surface area (Å²) in [6.07, 6.45) is 6.85. The number of aliphatic imine (C=N–C) groups is 1. The van der Waals surface area contributed by atoms with Gasteiger partial charge in [-0.2, -0.15) is 0 Å². The first-order valence-electron chi connectivity index (χ1n) is 11.3. The Labute approximate surface area is 186 Å². The van der Waals surface area contributed by atoms with Crippen LogP contribution in [-0.4, -0.2) is 39.2 Å². The van der Waals surface area contributed by atoms with E-state index in [2.05, 4.69) is 88.1 Å². The fourth-order valence-electron chi connectivity index (χ4n) is 4.36. The number of rotatable bonds is 6. The molecule has 1 saturated heterocycles. The summed E-state index contributed by atoms with van der Waals surface area (Å²) in [6, 6.07) is 17.5. The Morgan fingerprint density at radius 2 is 1.90 bits per heavy atom. The van der Waals surface area contributed by atoms with Crippen LogP contribution < -0.4 is 15.5 Å². The van der Waals surface area contributed by atoms with E-state index in [9.17, 15) is 0 Å². The van der Waals surface area contributed by atoms with Gasteiger partial charge in [0, 0.05) is 51.4 Å². The molecule has 0 saturated carbocycles. The van der Waals surface area contributed by atoms with Crippen molar-refractivity contribution in [3.63, 3.8) is 0 Å². The number of anilines is 1. The molecule has 0 amide bonds. The standard InChI is InChI=1S/C26H34N4O/c1-20-10-12-22(13-11-20)25-23(8-6-16-31-25)19-29-26(27-2)28-18-21-7-5-9-24(17-21)30-14-3-4-15-30/h3-5,7,9-13,17,23,25H,6,8,14-16,18-19H2,1-2H3,(H2,27,28,29). The second-order valence-corrected chi connectivity index (χ2v) is 8.46. The van der Waals surface area contributed by atoms with Crippen molar-refractivity contribution in [2.75, 3.05) is 38.2 Å². The first-order valence-corrected chi connectivity index (χ1v) is 11.3. The summed E-state index contributed by atoms with van der Waals surface area (Å²) in [6.45, 7) is 6.54. The van der Waals surface area contributed by atoms with Gasteiger partial charge in [-0.1, -0.05) is 54.1 Å². The van der Waals surface area contributed by atoms with Crippen LogP contribution >= 0.6 is 0 Å². The summed E-state index contributed by atoms with van der Waals surface area (Å²) in [4.78, 5) is 6.80. The van der Waals surface area contributed by atoms with Gasteiger partial charge in [0.25, 0.3) is 0 Å². The zero-order chi connectivity index (χ0) is 21.5. The average Bonchev–Trinajstić information content (AvgIpc) is 3.35. The molecule has 4 rings (SSSR count). The van der Waals surface area contributed by atoms with Gasteiger partial charge < -0.3 is 20.3 Å². The van der Waals surface area contributed by atoms with E-state index in [0.29, 0.717) is 5.92 Å². The van der Waals surface area contributed by atoms with E-state index in [4.69, 9.17) is 4.74 Å². The van der Waals surface area contributed by atoms with Crippen molar-refractivity contribution >= 4 is 11.6 Å². The van der Waals surface area contributed by atoms with Crippen LogP contribution in [0.15, 0.2) is 65.7 Å². The van der Waals surface area contributed by atoms with Crippen LogP contribution in [0.5, 0.6) is 0 Å². The Morgan fingerprint density at radius 3 is 2.68 bits per heavy atom. The molecule has 2 aromatic rings. The predicted octanol–water partition coefficient (Wildman–Crippen LogP) is 4.20. The Morgan fingerprint density at radius 1 is 1.10 bits per heavy atom. The fraction of sp³-hybridized carbons (Fsp3) is 0.423. The van der Waals surface area contributed by atoms with Crippen molar-refractivity contribution in [3.05, 3.63) is 77.4 Å². The summed E-state index contributed by atoms with van der Waals surface area (Å²) in [5.41, 5.74) is 5.08. The largest absolute Gasteiger partial charge is 0.373 e. The number of benzene rings is 2. The highest BCUT2D eigenvalue weighted by Crippen LogP contribution is 2.33. The van der Waals surface area contributed by atoms with Crippen molar-refractivity contribution in [1.82, 2.24) is 10.6 Å². The minimum Gasteiger partial charge on any atom is -0.373 e. The van der Waals surface area contributed by atoms with Gasteiger partial charge in [0.2, 0.25) is 0 Å². The monoisotopic (exact) mass is 418 g/mol. The van der Waals surface area contributed by atoms with Crippen molar-refractivity contribution in [3.8, 4) is 0 Å². The highest BCUT2D eigenvalue weighted by Gasteiger charge is 2.27. The third-order valence-electron chi connectivity index (χ3n) is 6.16. The molecule has 2 N–H and O–H groups in total. The molecule has 0 spiro atoms. The lowest BCUT2D eigenvalue weighted by atomic mass is 9.89. The van der Waals surface area contributed by atoms with Gasteiger partial charge in [-0.3, -0.25) is 4.99 Å². The van der Waals surface area contributed by atoms with Crippen LogP contribution in [0, 0.1) is 12.8 Å². The lowest BCUT2D eigenvalue weighted by molar-refractivity contribution is -0.0265. The van der Waals surface area contributed by atoms with E-state index in [0.717, 1.165) is 51.6 Å². The van der Waals surface area contributed by atoms with Crippen LogP contribution in [-0.2, 0) is 11.3 Å². The maximum Gasteiger partial charge on any atom is 0.191 e. The Hall–Kier alpha value is -2.79. The van der Waals surface area contributed by atoms with Gasteiger partial charge in [-0.15, -0.1) is 0 Å². The molecule has 5 heteroatoms. The topological polar surface area (TPSA) is 48.9 Å². The van der Waals surface area contributed by atoms with E-state index in [1.54, 1.807) is 0 Å². The molecular weight excluding hydrogens is 384 g/mol. The molecule has 2 atom stereocenters.